The van der Waals surface area contributed by atoms with Crippen LogP contribution in [0.2, 0.25) is 0 Å². The van der Waals surface area contributed by atoms with Gasteiger partial charge in [-0.15, -0.1) is 0 Å². The number of benzene rings is 1. The molecular formula is C13H15FN4O. The Morgan fingerprint density at radius 1 is 1.47 bits per heavy atom. The van der Waals surface area contributed by atoms with Gasteiger partial charge in [0.1, 0.15) is 5.82 Å². The lowest BCUT2D eigenvalue weighted by Gasteiger charge is -2.07. The molecule has 1 amide bonds. The third-order valence-electron chi connectivity index (χ3n) is 2.64. The summed E-state index contributed by atoms with van der Waals surface area (Å²) in [6.45, 7) is 1.15. The number of hydrogen-bond donors (Lipinski definition) is 2. The van der Waals surface area contributed by atoms with Gasteiger partial charge >= 0.3 is 0 Å². The van der Waals surface area contributed by atoms with Crippen LogP contribution in [0.25, 0.3) is 0 Å². The summed E-state index contributed by atoms with van der Waals surface area (Å²) in [5.41, 5.74) is 5.86. The number of carbonyl (C=O) groups is 1. The van der Waals surface area contributed by atoms with Crippen molar-refractivity contribution < 1.29 is 9.18 Å². The smallest absolute Gasteiger partial charge is 0.254 e. The van der Waals surface area contributed by atoms with Crippen molar-refractivity contribution in [2.24, 2.45) is 0 Å². The Morgan fingerprint density at radius 2 is 2.32 bits per heavy atom. The van der Waals surface area contributed by atoms with Crippen molar-refractivity contribution in [2.45, 2.75) is 13.0 Å². The van der Waals surface area contributed by atoms with Gasteiger partial charge in [-0.25, -0.2) is 4.39 Å². The first-order chi connectivity index (χ1) is 9.16. The van der Waals surface area contributed by atoms with Gasteiger partial charge in [0, 0.05) is 31.2 Å². The van der Waals surface area contributed by atoms with E-state index in [2.05, 4.69) is 10.4 Å². The number of anilines is 1. The molecule has 6 heteroatoms. The topological polar surface area (TPSA) is 72.9 Å². The molecule has 19 heavy (non-hydrogen) atoms. The van der Waals surface area contributed by atoms with Gasteiger partial charge in [-0.3, -0.25) is 9.48 Å². The quantitative estimate of drug-likeness (QED) is 0.632. The van der Waals surface area contributed by atoms with Crippen LogP contribution in [0.4, 0.5) is 10.1 Å². The number of rotatable bonds is 5. The molecule has 0 fully saturated rings. The average molecular weight is 262 g/mol. The first-order valence-corrected chi connectivity index (χ1v) is 5.97. The molecule has 0 spiro atoms. The Balaban J connectivity index is 1.82. The van der Waals surface area contributed by atoms with Crippen LogP contribution in [-0.2, 0) is 6.54 Å². The molecule has 0 aliphatic carbocycles. The van der Waals surface area contributed by atoms with Gasteiger partial charge < -0.3 is 11.1 Å². The van der Waals surface area contributed by atoms with Crippen LogP contribution in [0, 0.1) is 5.82 Å². The molecule has 100 valence electrons. The van der Waals surface area contributed by atoms with Gasteiger partial charge in [0.15, 0.2) is 0 Å². The van der Waals surface area contributed by atoms with E-state index in [9.17, 15) is 9.18 Å². The van der Waals surface area contributed by atoms with Crippen molar-refractivity contribution in [2.75, 3.05) is 12.3 Å². The summed E-state index contributed by atoms with van der Waals surface area (Å²) in [5.74, 6) is -1.02. The highest BCUT2D eigenvalue weighted by molar-refractivity contribution is 5.95. The zero-order chi connectivity index (χ0) is 13.7. The molecule has 0 saturated carbocycles. The zero-order valence-electron chi connectivity index (χ0n) is 10.3. The Hall–Kier alpha value is -2.37. The molecule has 2 aromatic rings. The Morgan fingerprint density at radius 3 is 3.05 bits per heavy atom. The van der Waals surface area contributed by atoms with Gasteiger partial charge in [-0.05, 0) is 30.7 Å². The summed E-state index contributed by atoms with van der Waals surface area (Å²) in [5, 5.41) is 6.70. The number of nitrogen functional groups attached to an aromatic ring is 1. The van der Waals surface area contributed by atoms with Crippen molar-refractivity contribution in [3.05, 3.63) is 48.0 Å². The minimum Gasteiger partial charge on any atom is -0.399 e. The second kappa shape index (κ2) is 5.99. The van der Waals surface area contributed by atoms with Crippen LogP contribution in [-0.4, -0.2) is 22.2 Å². The summed E-state index contributed by atoms with van der Waals surface area (Å²) in [6.07, 6.45) is 4.26. The molecule has 0 atom stereocenters. The molecule has 0 radical (unpaired) electrons. The summed E-state index contributed by atoms with van der Waals surface area (Å²) in [7, 11) is 0. The lowest BCUT2D eigenvalue weighted by atomic mass is 10.1. The number of nitrogens with two attached hydrogens (primary N) is 1. The molecule has 3 N–H and O–H groups in total. The number of aryl methyl sites for hydroxylation is 1. The van der Waals surface area contributed by atoms with Gasteiger partial charge in [-0.2, -0.15) is 5.10 Å². The Kier molecular flexibility index (Phi) is 4.12. The van der Waals surface area contributed by atoms with Crippen molar-refractivity contribution >= 4 is 11.6 Å². The van der Waals surface area contributed by atoms with E-state index in [4.69, 9.17) is 5.73 Å². The first-order valence-electron chi connectivity index (χ1n) is 5.97. The molecule has 1 heterocycles. The van der Waals surface area contributed by atoms with E-state index in [-0.39, 0.29) is 5.56 Å². The number of nitrogens with one attached hydrogen (secondary N) is 1. The van der Waals surface area contributed by atoms with Crippen LogP contribution in [0.1, 0.15) is 16.8 Å². The van der Waals surface area contributed by atoms with Crippen molar-refractivity contribution in [3.63, 3.8) is 0 Å². The van der Waals surface area contributed by atoms with Crippen LogP contribution < -0.4 is 11.1 Å². The van der Waals surface area contributed by atoms with Gasteiger partial charge in [0.05, 0.1) is 5.56 Å². The predicted molar refractivity (Wildman–Crippen MR) is 70.0 cm³/mol. The number of aromatic nitrogens is 2. The third kappa shape index (κ3) is 3.54. The minimum absolute atomic E-state index is 0.0286. The molecule has 0 unspecified atom stereocenters. The van der Waals surface area contributed by atoms with E-state index in [1.807, 2.05) is 12.3 Å². The number of amides is 1. The number of halogens is 1. The van der Waals surface area contributed by atoms with E-state index in [0.717, 1.165) is 6.42 Å². The van der Waals surface area contributed by atoms with E-state index in [1.54, 1.807) is 10.9 Å². The third-order valence-corrected chi connectivity index (χ3v) is 2.64. The standard InChI is InChI=1S/C13H15FN4O/c14-12-4-3-10(15)9-11(12)13(19)16-5-1-7-18-8-2-6-17-18/h2-4,6,8-9H,1,5,7,15H2,(H,16,19). The highest BCUT2D eigenvalue weighted by Gasteiger charge is 2.11. The van der Waals surface area contributed by atoms with Crippen LogP contribution in [0.3, 0.4) is 0 Å². The van der Waals surface area contributed by atoms with Gasteiger partial charge in [-0.1, -0.05) is 0 Å². The van der Waals surface area contributed by atoms with E-state index in [1.165, 1.54) is 18.2 Å². The second-order valence-electron chi connectivity index (χ2n) is 4.12. The fourth-order valence-corrected chi connectivity index (χ4v) is 1.69. The highest BCUT2D eigenvalue weighted by Crippen LogP contribution is 2.11. The maximum atomic E-state index is 13.4. The summed E-state index contributed by atoms with van der Waals surface area (Å²) in [4.78, 5) is 11.7. The largest absolute Gasteiger partial charge is 0.399 e. The molecule has 0 aliphatic rings. The fourth-order valence-electron chi connectivity index (χ4n) is 1.69. The molecule has 0 aliphatic heterocycles. The number of hydrogen-bond acceptors (Lipinski definition) is 3. The summed E-state index contributed by atoms with van der Waals surface area (Å²) in [6, 6.07) is 5.77. The van der Waals surface area contributed by atoms with Crippen LogP contribution in [0.15, 0.2) is 36.7 Å². The minimum atomic E-state index is -0.571. The van der Waals surface area contributed by atoms with E-state index in [0.29, 0.717) is 18.8 Å². The lowest BCUT2D eigenvalue weighted by molar-refractivity contribution is 0.0948. The number of carbonyl (C=O) groups excluding carboxylic acids is 1. The van der Waals surface area contributed by atoms with Crippen LogP contribution >= 0.6 is 0 Å². The fraction of sp³-hybridized carbons (Fsp3) is 0.231. The first kappa shape index (κ1) is 13.1. The molecule has 1 aromatic carbocycles. The van der Waals surface area contributed by atoms with Gasteiger partial charge in [0.2, 0.25) is 0 Å². The van der Waals surface area contributed by atoms with Crippen molar-refractivity contribution in [1.29, 1.82) is 0 Å². The second-order valence-corrected chi connectivity index (χ2v) is 4.12. The molecule has 0 saturated heterocycles. The predicted octanol–water partition coefficient (Wildman–Crippen LogP) is 1.42. The molecular weight excluding hydrogens is 247 g/mol. The monoisotopic (exact) mass is 262 g/mol. The molecule has 0 bridgehead atoms. The normalized spacial score (nSPS) is 10.4. The van der Waals surface area contributed by atoms with Crippen LogP contribution in [0.5, 0.6) is 0 Å². The Bertz CT molecular complexity index is 554. The summed E-state index contributed by atoms with van der Waals surface area (Å²) >= 11 is 0. The maximum Gasteiger partial charge on any atom is 0.254 e. The van der Waals surface area contributed by atoms with Gasteiger partial charge in [0.25, 0.3) is 5.91 Å². The average Bonchev–Trinajstić information content (AvgIpc) is 2.90. The summed E-state index contributed by atoms with van der Waals surface area (Å²) < 4.78 is 15.2. The molecule has 1 aromatic heterocycles. The van der Waals surface area contributed by atoms with E-state index < -0.39 is 11.7 Å². The zero-order valence-corrected chi connectivity index (χ0v) is 10.3. The Labute approximate surface area is 110 Å². The SMILES string of the molecule is Nc1ccc(F)c(C(=O)NCCCn2cccn2)c1. The molecule has 2 rings (SSSR count). The lowest BCUT2D eigenvalue weighted by Crippen LogP contribution is -2.26. The number of nitrogens with zero attached hydrogens (tertiary/aromatic N) is 2. The maximum absolute atomic E-state index is 13.4. The highest BCUT2D eigenvalue weighted by atomic mass is 19.1. The molecule has 5 nitrogen and oxygen atoms in total. The van der Waals surface area contributed by atoms with Crippen molar-refractivity contribution in [1.82, 2.24) is 15.1 Å². The van der Waals surface area contributed by atoms with E-state index >= 15 is 0 Å². The van der Waals surface area contributed by atoms with Crippen molar-refractivity contribution in [3.8, 4) is 0 Å².